The first-order chi connectivity index (χ1) is 6.60. The number of hydrogen-bond donors (Lipinski definition) is 3. The van der Waals surface area contributed by atoms with Crippen molar-refractivity contribution >= 4 is 11.6 Å². The molecule has 1 atom stereocenters. The molecule has 0 amide bonds. The molecule has 0 saturated heterocycles. The predicted molar refractivity (Wildman–Crippen MR) is 53.7 cm³/mol. The second kappa shape index (κ2) is 4.50. The third-order valence-corrected chi connectivity index (χ3v) is 2.19. The molecule has 0 heterocycles. The van der Waals surface area contributed by atoms with Crippen LogP contribution in [0.3, 0.4) is 0 Å². The van der Waals surface area contributed by atoms with Crippen molar-refractivity contribution in [3.05, 3.63) is 22.7 Å². The Balaban J connectivity index is 3.20. The van der Waals surface area contributed by atoms with Crippen LogP contribution in [0.1, 0.15) is 11.6 Å². The minimum atomic E-state index is -0.664. The van der Waals surface area contributed by atoms with Crippen molar-refractivity contribution < 1.29 is 14.9 Å². The van der Waals surface area contributed by atoms with Crippen molar-refractivity contribution in [2.75, 3.05) is 13.7 Å². The topological polar surface area (TPSA) is 75.7 Å². The number of aromatic hydroxyl groups is 1. The van der Waals surface area contributed by atoms with Crippen LogP contribution in [0.15, 0.2) is 12.1 Å². The average molecular weight is 218 g/mol. The number of halogens is 1. The second-order valence-corrected chi connectivity index (χ2v) is 3.24. The molecule has 14 heavy (non-hydrogen) atoms. The maximum Gasteiger partial charge on any atom is 0.139 e. The van der Waals surface area contributed by atoms with Crippen molar-refractivity contribution in [3.63, 3.8) is 0 Å². The minimum Gasteiger partial charge on any atom is -0.506 e. The van der Waals surface area contributed by atoms with Crippen molar-refractivity contribution in [1.82, 2.24) is 0 Å². The Bertz CT molecular complexity index is 330. The van der Waals surface area contributed by atoms with Crippen molar-refractivity contribution in [2.45, 2.75) is 6.04 Å². The molecule has 0 aromatic heterocycles. The van der Waals surface area contributed by atoms with Crippen LogP contribution in [0, 0.1) is 0 Å². The number of methoxy groups -OCH3 is 1. The van der Waals surface area contributed by atoms with Crippen LogP contribution in [-0.4, -0.2) is 23.9 Å². The second-order valence-electron chi connectivity index (χ2n) is 2.84. The number of rotatable bonds is 3. The van der Waals surface area contributed by atoms with E-state index in [1.54, 1.807) is 6.07 Å². The van der Waals surface area contributed by atoms with Gasteiger partial charge in [-0.2, -0.15) is 0 Å². The Morgan fingerprint density at radius 2 is 2.21 bits per heavy atom. The average Bonchev–Trinajstić information content (AvgIpc) is 2.20. The van der Waals surface area contributed by atoms with E-state index in [4.69, 9.17) is 27.2 Å². The molecule has 78 valence electrons. The maximum atomic E-state index is 9.54. The van der Waals surface area contributed by atoms with E-state index in [1.807, 2.05) is 0 Å². The lowest BCUT2D eigenvalue weighted by Crippen LogP contribution is -2.14. The highest BCUT2D eigenvalue weighted by atomic mass is 35.5. The maximum absolute atomic E-state index is 9.54. The summed E-state index contributed by atoms with van der Waals surface area (Å²) in [6, 6.07) is 2.36. The van der Waals surface area contributed by atoms with E-state index in [0.717, 1.165) is 0 Å². The van der Waals surface area contributed by atoms with E-state index in [1.165, 1.54) is 13.2 Å². The largest absolute Gasteiger partial charge is 0.506 e. The molecular formula is C9H12ClNO3. The quantitative estimate of drug-likeness (QED) is 0.707. The summed E-state index contributed by atoms with van der Waals surface area (Å²) in [5.74, 6) is 0.376. The molecule has 0 fully saturated rings. The Labute approximate surface area is 86.9 Å². The molecule has 0 aliphatic heterocycles. The SMILES string of the molecule is COc1cc(Cl)c(O)c(C(N)CO)c1. The lowest BCUT2D eigenvalue weighted by Gasteiger charge is -2.13. The third-order valence-electron chi connectivity index (χ3n) is 1.90. The van der Waals surface area contributed by atoms with Crippen molar-refractivity contribution in [3.8, 4) is 11.5 Å². The lowest BCUT2D eigenvalue weighted by molar-refractivity contribution is 0.265. The van der Waals surface area contributed by atoms with Crippen molar-refractivity contribution in [1.29, 1.82) is 0 Å². The predicted octanol–water partition coefficient (Wildman–Crippen LogP) is 1.05. The normalized spacial score (nSPS) is 12.6. The van der Waals surface area contributed by atoms with Crippen LogP contribution in [0.4, 0.5) is 0 Å². The van der Waals surface area contributed by atoms with Crippen LogP contribution in [0.25, 0.3) is 0 Å². The van der Waals surface area contributed by atoms with Gasteiger partial charge in [-0.3, -0.25) is 0 Å². The number of aliphatic hydroxyl groups is 1. The number of aliphatic hydroxyl groups excluding tert-OH is 1. The molecule has 0 aliphatic carbocycles. The Hall–Kier alpha value is -0.970. The Morgan fingerprint density at radius 3 is 2.71 bits per heavy atom. The number of nitrogens with two attached hydrogens (primary N) is 1. The first-order valence-corrected chi connectivity index (χ1v) is 4.40. The molecule has 1 unspecified atom stereocenters. The highest BCUT2D eigenvalue weighted by Gasteiger charge is 2.14. The fraction of sp³-hybridized carbons (Fsp3) is 0.333. The number of phenols is 1. The van der Waals surface area contributed by atoms with Gasteiger partial charge in [0.15, 0.2) is 0 Å². The summed E-state index contributed by atoms with van der Waals surface area (Å²) < 4.78 is 4.95. The Kier molecular flexibility index (Phi) is 3.57. The van der Waals surface area contributed by atoms with Gasteiger partial charge in [0, 0.05) is 11.6 Å². The highest BCUT2D eigenvalue weighted by Crippen LogP contribution is 2.34. The lowest BCUT2D eigenvalue weighted by atomic mass is 10.1. The third kappa shape index (κ3) is 2.09. The molecule has 1 aromatic rings. The molecule has 1 rings (SSSR count). The summed E-state index contributed by atoms with van der Waals surface area (Å²) in [5.41, 5.74) is 5.94. The van der Waals surface area contributed by atoms with Crippen LogP contribution >= 0.6 is 11.6 Å². The van der Waals surface area contributed by atoms with Crippen LogP contribution in [-0.2, 0) is 0 Å². The fourth-order valence-corrected chi connectivity index (χ4v) is 1.31. The van der Waals surface area contributed by atoms with Gasteiger partial charge in [0.1, 0.15) is 11.5 Å². The monoisotopic (exact) mass is 217 g/mol. The molecule has 5 heteroatoms. The zero-order valence-corrected chi connectivity index (χ0v) is 8.45. The number of phenolic OH excluding ortho intramolecular Hbond substituents is 1. The smallest absolute Gasteiger partial charge is 0.139 e. The zero-order valence-electron chi connectivity index (χ0n) is 7.70. The number of benzene rings is 1. The van der Waals surface area contributed by atoms with Crippen molar-refractivity contribution in [2.24, 2.45) is 5.73 Å². The zero-order chi connectivity index (χ0) is 10.7. The first-order valence-electron chi connectivity index (χ1n) is 4.03. The van der Waals surface area contributed by atoms with Gasteiger partial charge in [0.05, 0.1) is 24.8 Å². The molecule has 0 radical (unpaired) electrons. The molecule has 4 nitrogen and oxygen atoms in total. The molecule has 0 spiro atoms. The van der Waals surface area contributed by atoms with E-state index in [9.17, 15) is 5.11 Å². The van der Waals surface area contributed by atoms with Crippen LogP contribution < -0.4 is 10.5 Å². The van der Waals surface area contributed by atoms with Crippen LogP contribution in [0.2, 0.25) is 5.02 Å². The van der Waals surface area contributed by atoms with Gasteiger partial charge in [-0.25, -0.2) is 0 Å². The van der Waals surface area contributed by atoms with Gasteiger partial charge < -0.3 is 20.7 Å². The minimum absolute atomic E-state index is 0.117. The van der Waals surface area contributed by atoms with E-state index < -0.39 is 6.04 Å². The van der Waals surface area contributed by atoms with Gasteiger partial charge in [0.25, 0.3) is 0 Å². The standard InChI is InChI=1S/C9H12ClNO3/c1-14-5-2-6(8(11)4-12)9(13)7(10)3-5/h2-3,8,12-13H,4,11H2,1H3. The fourth-order valence-electron chi connectivity index (χ4n) is 1.09. The summed E-state index contributed by atoms with van der Waals surface area (Å²) >= 11 is 5.73. The first kappa shape index (κ1) is 11.1. The van der Waals surface area contributed by atoms with Crippen LogP contribution in [0.5, 0.6) is 11.5 Å². The van der Waals surface area contributed by atoms with E-state index >= 15 is 0 Å². The van der Waals surface area contributed by atoms with Gasteiger partial charge in [0.2, 0.25) is 0 Å². The Morgan fingerprint density at radius 1 is 1.57 bits per heavy atom. The molecule has 4 N–H and O–H groups in total. The van der Waals surface area contributed by atoms with Gasteiger partial charge in [-0.05, 0) is 6.07 Å². The van der Waals surface area contributed by atoms with E-state index in [-0.39, 0.29) is 17.4 Å². The summed E-state index contributed by atoms with van der Waals surface area (Å²) in [5, 5.41) is 18.5. The highest BCUT2D eigenvalue weighted by molar-refractivity contribution is 6.32. The summed E-state index contributed by atoms with van der Waals surface area (Å²) in [7, 11) is 1.48. The summed E-state index contributed by atoms with van der Waals surface area (Å²) in [6.45, 7) is -0.267. The van der Waals surface area contributed by atoms with E-state index in [2.05, 4.69) is 0 Å². The van der Waals surface area contributed by atoms with Gasteiger partial charge in [-0.15, -0.1) is 0 Å². The molecule has 0 saturated carbocycles. The summed E-state index contributed by atoms with van der Waals surface area (Å²) in [4.78, 5) is 0. The number of ether oxygens (including phenoxy) is 1. The van der Waals surface area contributed by atoms with Gasteiger partial charge >= 0.3 is 0 Å². The summed E-state index contributed by atoms with van der Waals surface area (Å²) in [6.07, 6.45) is 0. The molecule has 0 aliphatic rings. The molecular weight excluding hydrogens is 206 g/mol. The molecule has 0 bridgehead atoms. The van der Waals surface area contributed by atoms with Gasteiger partial charge in [-0.1, -0.05) is 11.6 Å². The van der Waals surface area contributed by atoms with E-state index in [0.29, 0.717) is 11.3 Å². The number of hydrogen-bond acceptors (Lipinski definition) is 4. The molecule has 1 aromatic carbocycles.